The van der Waals surface area contributed by atoms with Crippen molar-refractivity contribution in [2.24, 2.45) is 7.05 Å². The lowest BCUT2D eigenvalue weighted by Crippen LogP contribution is -2.42. The van der Waals surface area contributed by atoms with E-state index in [2.05, 4.69) is 23.4 Å². The fourth-order valence-electron chi connectivity index (χ4n) is 2.29. The van der Waals surface area contributed by atoms with Gasteiger partial charge in [0.25, 0.3) is 0 Å². The molecule has 1 aliphatic rings. The third-order valence-corrected chi connectivity index (χ3v) is 3.64. The van der Waals surface area contributed by atoms with Gasteiger partial charge in [0.15, 0.2) is 0 Å². The number of ether oxygens (including phenoxy) is 2. The second-order valence-electron chi connectivity index (χ2n) is 4.90. The molecule has 1 aromatic heterocycles. The first-order valence-electron chi connectivity index (χ1n) is 6.54. The maximum atomic E-state index is 5.58. The third kappa shape index (κ3) is 2.91. The molecule has 0 aromatic carbocycles. The van der Waals surface area contributed by atoms with Gasteiger partial charge in [0.1, 0.15) is 5.60 Å². The van der Waals surface area contributed by atoms with E-state index in [1.54, 1.807) is 7.11 Å². The third-order valence-electron chi connectivity index (χ3n) is 3.64. The Morgan fingerprint density at radius 3 is 3.00 bits per heavy atom. The van der Waals surface area contributed by atoms with E-state index in [1.807, 2.05) is 11.7 Å². The van der Waals surface area contributed by atoms with Gasteiger partial charge in [-0.05, 0) is 12.5 Å². The quantitative estimate of drug-likeness (QED) is 0.817. The first-order valence-corrected chi connectivity index (χ1v) is 6.54. The molecule has 18 heavy (non-hydrogen) atoms. The summed E-state index contributed by atoms with van der Waals surface area (Å²) < 4.78 is 12.9. The molecular weight excluding hydrogens is 230 g/mol. The first-order chi connectivity index (χ1) is 8.69. The van der Waals surface area contributed by atoms with Crippen LogP contribution < -0.4 is 5.32 Å². The van der Waals surface area contributed by atoms with Crippen molar-refractivity contribution < 1.29 is 9.47 Å². The van der Waals surface area contributed by atoms with E-state index in [1.165, 1.54) is 5.69 Å². The van der Waals surface area contributed by atoms with Crippen LogP contribution in [0.15, 0.2) is 6.07 Å². The molecular formula is C13H23N3O2. The predicted molar refractivity (Wildman–Crippen MR) is 69.5 cm³/mol. The number of nitrogens with zero attached hydrogens (tertiary/aromatic N) is 2. The number of nitrogens with one attached hydrogen (secondary N) is 1. The van der Waals surface area contributed by atoms with E-state index in [0.717, 1.165) is 38.2 Å². The molecule has 5 nitrogen and oxygen atoms in total. The van der Waals surface area contributed by atoms with Crippen LogP contribution >= 0.6 is 0 Å². The highest BCUT2D eigenvalue weighted by Gasteiger charge is 2.34. The van der Waals surface area contributed by atoms with Crippen molar-refractivity contribution in [3.63, 3.8) is 0 Å². The Morgan fingerprint density at radius 2 is 2.44 bits per heavy atom. The number of aryl methyl sites for hydroxylation is 2. The van der Waals surface area contributed by atoms with E-state index in [0.29, 0.717) is 6.61 Å². The van der Waals surface area contributed by atoms with Gasteiger partial charge in [-0.1, -0.05) is 6.92 Å². The van der Waals surface area contributed by atoms with Crippen LogP contribution in [0.3, 0.4) is 0 Å². The summed E-state index contributed by atoms with van der Waals surface area (Å²) >= 11 is 0. The highest BCUT2D eigenvalue weighted by molar-refractivity contribution is 5.10. The molecule has 0 spiro atoms. The molecule has 0 radical (unpaired) electrons. The lowest BCUT2D eigenvalue weighted by molar-refractivity contribution is -0.0160. The second kappa shape index (κ2) is 5.82. The molecule has 0 aliphatic carbocycles. The maximum Gasteiger partial charge on any atom is 0.106 e. The van der Waals surface area contributed by atoms with Crippen LogP contribution in [0, 0.1) is 0 Å². The van der Waals surface area contributed by atoms with Gasteiger partial charge in [-0.2, -0.15) is 5.10 Å². The minimum Gasteiger partial charge on any atom is -0.378 e. The summed E-state index contributed by atoms with van der Waals surface area (Å²) in [5, 5.41) is 7.89. The van der Waals surface area contributed by atoms with Gasteiger partial charge in [-0.15, -0.1) is 0 Å². The Labute approximate surface area is 108 Å². The van der Waals surface area contributed by atoms with Gasteiger partial charge in [-0.3, -0.25) is 4.68 Å². The molecule has 0 bridgehead atoms. The van der Waals surface area contributed by atoms with Crippen molar-refractivity contribution in [1.82, 2.24) is 15.1 Å². The Hall–Kier alpha value is -0.910. The largest absolute Gasteiger partial charge is 0.378 e. The van der Waals surface area contributed by atoms with Crippen LogP contribution in [0.2, 0.25) is 0 Å². The molecule has 0 amide bonds. The molecule has 2 heterocycles. The highest BCUT2D eigenvalue weighted by Crippen LogP contribution is 2.21. The van der Waals surface area contributed by atoms with Crippen LogP contribution in [0.5, 0.6) is 0 Å². The van der Waals surface area contributed by atoms with Crippen LogP contribution in [-0.4, -0.2) is 42.2 Å². The zero-order valence-electron chi connectivity index (χ0n) is 11.5. The highest BCUT2D eigenvalue weighted by atomic mass is 16.5. The summed E-state index contributed by atoms with van der Waals surface area (Å²) in [5.41, 5.74) is 2.20. The molecule has 1 aliphatic heterocycles. The number of hydrogen-bond donors (Lipinski definition) is 1. The SMILES string of the molecule is CCc1cc(CNCC2(OC)CCOC2)n(C)n1. The molecule has 5 heteroatoms. The van der Waals surface area contributed by atoms with Crippen molar-refractivity contribution in [3.05, 3.63) is 17.5 Å². The van der Waals surface area contributed by atoms with E-state index in [-0.39, 0.29) is 5.60 Å². The Morgan fingerprint density at radius 1 is 1.61 bits per heavy atom. The van der Waals surface area contributed by atoms with Gasteiger partial charge in [-0.25, -0.2) is 0 Å². The monoisotopic (exact) mass is 253 g/mol. The zero-order valence-corrected chi connectivity index (χ0v) is 11.5. The Balaban J connectivity index is 1.85. The Kier molecular flexibility index (Phi) is 4.37. The molecule has 1 atom stereocenters. The van der Waals surface area contributed by atoms with Gasteiger partial charge in [0, 0.05) is 40.3 Å². The molecule has 1 fully saturated rings. The maximum absolute atomic E-state index is 5.58. The molecule has 2 rings (SSSR count). The summed E-state index contributed by atoms with van der Waals surface area (Å²) in [6, 6.07) is 2.15. The van der Waals surface area contributed by atoms with Crippen molar-refractivity contribution in [3.8, 4) is 0 Å². The van der Waals surface area contributed by atoms with Gasteiger partial charge in [0.2, 0.25) is 0 Å². The van der Waals surface area contributed by atoms with E-state index in [4.69, 9.17) is 9.47 Å². The van der Waals surface area contributed by atoms with Gasteiger partial charge < -0.3 is 14.8 Å². The minimum absolute atomic E-state index is 0.147. The minimum atomic E-state index is -0.147. The molecule has 102 valence electrons. The van der Waals surface area contributed by atoms with Crippen molar-refractivity contribution >= 4 is 0 Å². The van der Waals surface area contributed by atoms with Crippen LogP contribution in [0.25, 0.3) is 0 Å². The summed E-state index contributed by atoms with van der Waals surface area (Å²) in [6.45, 7) is 5.23. The molecule has 1 aromatic rings. The molecule has 1 N–H and O–H groups in total. The average Bonchev–Trinajstić information content (AvgIpc) is 2.98. The lowest BCUT2D eigenvalue weighted by atomic mass is 10.0. The number of hydrogen-bond acceptors (Lipinski definition) is 4. The topological polar surface area (TPSA) is 48.3 Å². The number of aromatic nitrogens is 2. The summed E-state index contributed by atoms with van der Waals surface area (Å²) in [7, 11) is 3.75. The summed E-state index contributed by atoms with van der Waals surface area (Å²) in [6.07, 6.45) is 1.94. The van der Waals surface area contributed by atoms with Gasteiger partial charge >= 0.3 is 0 Å². The van der Waals surface area contributed by atoms with Crippen LogP contribution in [0.4, 0.5) is 0 Å². The summed E-state index contributed by atoms with van der Waals surface area (Å²) in [5.74, 6) is 0. The van der Waals surface area contributed by atoms with E-state index < -0.39 is 0 Å². The van der Waals surface area contributed by atoms with Crippen LogP contribution in [-0.2, 0) is 29.5 Å². The lowest BCUT2D eigenvalue weighted by Gasteiger charge is -2.25. The molecule has 1 unspecified atom stereocenters. The second-order valence-corrected chi connectivity index (χ2v) is 4.90. The van der Waals surface area contributed by atoms with Crippen molar-refractivity contribution in [2.75, 3.05) is 26.9 Å². The first kappa shape index (κ1) is 13.5. The Bertz CT molecular complexity index is 384. The van der Waals surface area contributed by atoms with E-state index >= 15 is 0 Å². The van der Waals surface area contributed by atoms with Crippen LogP contribution in [0.1, 0.15) is 24.7 Å². The van der Waals surface area contributed by atoms with Crippen molar-refractivity contribution in [2.45, 2.75) is 31.9 Å². The van der Waals surface area contributed by atoms with Crippen molar-refractivity contribution in [1.29, 1.82) is 0 Å². The number of methoxy groups -OCH3 is 1. The van der Waals surface area contributed by atoms with E-state index in [9.17, 15) is 0 Å². The fraction of sp³-hybridized carbons (Fsp3) is 0.769. The normalized spacial score (nSPS) is 23.7. The van der Waals surface area contributed by atoms with Gasteiger partial charge in [0.05, 0.1) is 18.0 Å². The number of rotatable bonds is 6. The average molecular weight is 253 g/mol. The fourth-order valence-corrected chi connectivity index (χ4v) is 2.29. The molecule has 1 saturated heterocycles. The zero-order chi connectivity index (χ0) is 13.0. The standard InChI is InChI=1S/C13H23N3O2/c1-4-11-7-12(16(2)15-11)8-14-9-13(17-3)5-6-18-10-13/h7,14H,4-6,8-10H2,1-3H3. The smallest absolute Gasteiger partial charge is 0.106 e. The molecule has 0 saturated carbocycles. The summed E-state index contributed by atoms with van der Waals surface area (Å²) in [4.78, 5) is 0. The predicted octanol–water partition coefficient (Wildman–Crippen LogP) is 0.878.